The number of rotatable bonds is 18. The van der Waals surface area contributed by atoms with Crippen molar-refractivity contribution in [3.8, 4) is 0 Å². The maximum absolute atomic E-state index is 10.7. The minimum absolute atomic E-state index is 0. The molecule has 0 N–H and O–H groups in total. The summed E-state index contributed by atoms with van der Waals surface area (Å²) in [6.07, 6.45) is 20.5. The van der Waals surface area contributed by atoms with E-state index in [2.05, 4.69) is 13.8 Å². The van der Waals surface area contributed by atoms with Crippen LogP contribution in [-0.2, 0) is 38.5 Å². The van der Waals surface area contributed by atoms with Gasteiger partial charge < -0.3 is 9.79 Å². The smallest absolute Gasteiger partial charge is 0.591 e. The average Bonchev–Trinajstić information content (AvgIpc) is 2.88. The first-order chi connectivity index (χ1) is 17.5. The zero-order valence-corrected chi connectivity index (χ0v) is 25.6. The van der Waals surface area contributed by atoms with Gasteiger partial charge in [0.1, 0.15) is 0 Å². The van der Waals surface area contributed by atoms with Crippen LogP contribution in [0.3, 0.4) is 0 Å². The van der Waals surface area contributed by atoms with Crippen LogP contribution in [0.2, 0.25) is 0 Å². The Balaban J connectivity index is 0.000000682. The van der Waals surface area contributed by atoms with Crippen LogP contribution in [0.5, 0.6) is 0 Å². The second kappa shape index (κ2) is 24.1. The van der Waals surface area contributed by atoms with E-state index in [1.54, 1.807) is 24.3 Å². The zero-order chi connectivity index (χ0) is 26.4. The van der Waals surface area contributed by atoms with Gasteiger partial charge in [0, 0.05) is 0 Å². The van der Waals surface area contributed by atoms with E-state index >= 15 is 0 Å². The van der Waals surface area contributed by atoms with Gasteiger partial charge in [-0.2, -0.15) is 0 Å². The van der Waals surface area contributed by atoms with Gasteiger partial charge >= 0.3 is 32.5 Å². The quantitative estimate of drug-likeness (QED) is 0.103. The Kier molecular flexibility index (Phi) is 23.5. The third-order valence-electron chi connectivity index (χ3n) is 6.43. The van der Waals surface area contributed by atoms with E-state index in [9.17, 15) is 18.9 Å². The van der Waals surface area contributed by atoms with Gasteiger partial charge in [-0.25, -0.2) is 0 Å². The van der Waals surface area contributed by atoms with Crippen LogP contribution in [0.4, 0.5) is 0 Å². The summed E-state index contributed by atoms with van der Waals surface area (Å²) in [7, 11) is -4.87. The molecule has 0 fully saturated rings. The predicted octanol–water partition coefficient (Wildman–Crippen LogP) is 7.41. The van der Waals surface area contributed by atoms with Gasteiger partial charge in [-0.3, -0.25) is 0 Å². The van der Waals surface area contributed by atoms with E-state index in [0.717, 1.165) is 12.8 Å². The molecule has 0 spiro atoms. The second-order valence-corrected chi connectivity index (χ2v) is 11.7. The Hall–Kier alpha value is -0.946. The van der Waals surface area contributed by atoms with Crippen LogP contribution in [0.1, 0.15) is 115 Å². The van der Waals surface area contributed by atoms with Crippen molar-refractivity contribution in [2.24, 2.45) is 0 Å². The molecule has 0 heterocycles. The molecule has 2 rings (SSSR count). The Bertz CT molecular complexity index is 770. The first kappa shape index (κ1) is 36.1. The van der Waals surface area contributed by atoms with Gasteiger partial charge in [0.05, 0.1) is 0 Å². The van der Waals surface area contributed by atoms with Crippen molar-refractivity contribution in [1.29, 1.82) is 0 Å². The molecule has 0 radical (unpaired) electrons. The molecule has 0 bridgehead atoms. The minimum Gasteiger partial charge on any atom is -0.591 e. The van der Waals surface area contributed by atoms with Gasteiger partial charge in [0.15, 0.2) is 10.6 Å². The number of unbranched alkanes of at least 4 members (excludes halogenated alkanes) is 12. The van der Waals surface area contributed by atoms with E-state index in [1.165, 1.54) is 101 Å². The predicted molar refractivity (Wildman–Crippen MR) is 151 cm³/mol. The largest absolute Gasteiger partial charge is 2.00 e. The molecule has 7 heteroatoms. The molecule has 4 nitrogen and oxygen atoms in total. The molecule has 0 aliphatic heterocycles. The molecule has 0 aliphatic rings. The van der Waals surface area contributed by atoms with E-state index < -0.39 is 16.1 Å². The fourth-order valence-corrected chi connectivity index (χ4v) is 4.93. The zero-order valence-electron chi connectivity index (χ0n) is 22.8. The van der Waals surface area contributed by atoms with Crippen molar-refractivity contribution in [3.05, 3.63) is 59.7 Å². The van der Waals surface area contributed by atoms with Crippen LogP contribution < -0.4 is 20.4 Å². The molecule has 2 unspecified atom stereocenters. The summed E-state index contributed by atoms with van der Waals surface area (Å²) in [5.41, 5.74) is 2.48. The summed E-state index contributed by atoms with van der Waals surface area (Å²) in [4.78, 5) is 21.5. The molecule has 208 valence electrons. The van der Waals surface area contributed by atoms with E-state index in [4.69, 9.17) is 0 Å². The minimum atomic E-state index is -2.43. The van der Waals surface area contributed by atoms with Crippen LogP contribution in [0.15, 0.2) is 48.5 Å². The number of hydrogen-bond acceptors (Lipinski definition) is 4. The van der Waals surface area contributed by atoms with E-state index in [0.29, 0.717) is 10.6 Å². The topological polar surface area (TPSA) is 80.3 Å². The summed E-state index contributed by atoms with van der Waals surface area (Å²) in [5.74, 6) is 0. The first-order valence-electron chi connectivity index (χ1n) is 13.9. The van der Waals surface area contributed by atoms with Gasteiger partial charge in [0.2, 0.25) is 0 Å². The second-order valence-electron chi connectivity index (χ2n) is 9.59. The van der Waals surface area contributed by atoms with Crippen molar-refractivity contribution >= 4 is 26.7 Å². The fraction of sp³-hybridized carbons (Fsp3) is 0.600. The van der Waals surface area contributed by atoms with Gasteiger partial charge in [-0.1, -0.05) is 124 Å². The molecule has 37 heavy (non-hydrogen) atoms. The van der Waals surface area contributed by atoms with E-state index in [-0.39, 0.29) is 16.5 Å². The normalized spacial score (nSPS) is 11.2. The van der Waals surface area contributed by atoms with Crippen LogP contribution >= 0.6 is 16.1 Å². The molecule has 2 atom stereocenters. The molecule has 0 amide bonds. The van der Waals surface area contributed by atoms with Crippen molar-refractivity contribution in [1.82, 2.24) is 0 Å². The summed E-state index contributed by atoms with van der Waals surface area (Å²) in [5, 5.41) is 0.821. The van der Waals surface area contributed by atoms with Gasteiger partial charge in [-0.05, 0) is 61.1 Å². The van der Waals surface area contributed by atoms with Crippen molar-refractivity contribution in [2.75, 3.05) is 0 Å². The third kappa shape index (κ3) is 18.9. The monoisotopic (exact) mass is 590 g/mol. The van der Waals surface area contributed by atoms with Crippen molar-refractivity contribution in [3.63, 3.8) is 0 Å². The summed E-state index contributed by atoms with van der Waals surface area (Å²) in [6.45, 7) is 4.47. The van der Waals surface area contributed by atoms with E-state index in [1.807, 2.05) is 24.3 Å². The average molecular weight is 591 g/mol. The standard InChI is InChI=1S/2C15H23O2P.Ni/c2*1-2-3-4-5-6-7-8-9-14-10-12-15(13-11-14)18(16)17;/h2*10-13H,2-9H2,1H3;/q;;+2. The molecule has 2 aromatic carbocycles. The van der Waals surface area contributed by atoms with Gasteiger partial charge in [-0.15, -0.1) is 0 Å². The first-order valence-corrected chi connectivity index (χ1v) is 16.3. The SMILES string of the molecule is CCCCCCCCCc1ccc([P+](=O)[O-])cc1.CCCCCCCCCc1ccc([P+](=O)[O-])cc1.[Ni+2]. The Morgan fingerprint density at radius 3 is 1.03 bits per heavy atom. The molecule has 0 saturated heterocycles. The van der Waals surface area contributed by atoms with Crippen molar-refractivity contribution in [2.45, 2.75) is 117 Å². The van der Waals surface area contributed by atoms with Crippen LogP contribution in [0, 0.1) is 0 Å². The molecule has 0 aliphatic carbocycles. The van der Waals surface area contributed by atoms with Crippen LogP contribution in [0.25, 0.3) is 0 Å². The molecular formula is C30H46NiO4P2+2. The summed E-state index contributed by atoms with van der Waals surface area (Å²) < 4.78 is 21.5. The number of benzene rings is 2. The summed E-state index contributed by atoms with van der Waals surface area (Å²) >= 11 is 0. The maximum Gasteiger partial charge on any atom is 2.00 e. The summed E-state index contributed by atoms with van der Waals surface area (Å²) in [6, 6.07) is 14.5. The molecular weight excluding hydrogens is 545 g/mol. The fourth-order valence-electron chi connectivity index (χ4n) is 4.14. The number of aryl methyl sites for hydroxylation is 2. The van der Waals surface area contributed by atoms with Crippen molar-refractivity contribution < 1.29 is 35.4 Å². The third-order valence-corrected chi connectivity index (χ3v) is 7.87. The van der Waals surface area contributed by atoms with Gasteiger partial charge in [0.25, 0.3) is 0 Å². The molecule has 0 saturated carbocycles. The Morgan fingerprint density at radius 2 is 0.757 bits per heavy atom. The van der Waals surface area contributed by atoms with Crippen LogP contribution in [-0.4, -0.2) is 0 Å². The maximum atomic E-state index is 10.7. The molecule has 0 aromatic heterocycles. The Labute approximate surface area is 237 Å². The number of hydrogen-bond donors (Lipinski definition) is 0. The molecule has 2 aromatic rings. The Morgan fingerprint density at radius 1 is 0.486 bits per heavy atom.